The second-order valence-electron chi connectivity index (χ2n) is 8.22. The fourth-order valence-corrected chi connectivity index (χ4v) is 3.09. The summed E-state index contributed by atoms with van der Waals surface area (Å²) in [6, 6.07) is 8.66. The van der Waals surface area contributed by atoms with Gasteiger partial charge in [0.1, 0.15) is 12.3 Å². The number of halogens is 1. The van der Waals surface area contributed by atoms with Gasteiger partial charge < -0.3 is 20.3 Å². The Hall–Kier alpha value is -1.51. The van der Waals surface area contributed by atoms with Gasteiger partial charge in [0.05, 0.1) is 12.6 Å². The Morgan fingerprint density at radius 2 is 1.79 bits per heavy atom. The van der Waals surface area contributed by atoms with E-state index in [1.165, 1.54) is 12.8 Å². The van der Waals surface area contributed by atoms with E-state index in [0.29, 0.717) is 17.9 Å². The summed E-state index contributed by atoms with van der Waals surface area (Å²) >= 11 is 0. The average Bonchev–Trinajstić information content (AvgIpc) is 3.17. The van der Waals surface area contributed by atoms with Crippen LogP contribution in [0.2, 0.25) is 0 Å². The first-order valence-corrected chi connectivity index (χ1v) is 10.4. The summed E-state index contributed by atoms with van der Waals surface area (Å²) in [5.74, 6) is 2.09. The Morgan fingerprint density at radius 3 is 2.34 bits per heavy atom. The third kappa shape index (κ3) is 9.23. The molecule has 1 atom stereocenters. The maximum absolute atomic E-state index is 11.9. The molecular formula is C22H37IN4O2. The van der Waals surface area contributed by atoms with Crippen LogP contribution >= 0.6 is 24.0 Å². The number of hydrogen-bond donors (Lipinski definition) is 2. The van der Waals surface area contributed by atoms with Gasteiger partial charge >= 0.3 is 0 Å². The minimum atomic E-state index is -0.00757. The minimum absolute atomic E-state index is 0. The van der Waals surface area contributed by atoms with Crippen molar-refractivity contribution in [2.24, 2.45) is 10.9 Å². The molecule has 6 nitrogen and oxygen atoms in total. The predicted molar refractivity (Wildman–Crippen MR) is 130 cm³/mol. The van der Waals surface area contributed by atoms with Gasteiger partial charge in [-0.25, -0.2) is 4.99 Å². The van der Waals surface area contributed by atoms with Crippen LogP contribution < -0.4 is 15.4 Å². The molecule has 0 bridgehead atoms. The first-order valence-electron chi connectivity index (χ1n) is 10.4. The van der Waals surface area contributed by atoms with Gasteiger partial charge in [0.25, 0.3) is 0 Å². The quantitative estimate of drug-likeness (QED) is 0.312. The summed E-state index contributed by atoms with van der Waals surface area (Å²) in [7, 11) is 3.50. The van der Waals surface area contributed by atoms with Gasteiger partial charge in [-0.3, -0.25) is 4.79 Å². The van der Waals surface area contributed by atoms with Gasteiger partial charge in [-0.1, -0.05) is 38.8 Å². The largest absolute Gasteiger partial charge is 0.493 e. The Morgan fingerprint density at radius 1 is 1.17 bits per heavy atom. The van der Waals surface area contributed by atoms with Crippen molar-refractivity contribution in [2.45, 2.75) is 58.5 Å². The lowest BCUT2D eigenvalue weighted by Gasteiger charge is -2.22. The molecular weight excluding hydrogens is 479 g/mol. The highest BCUT2D eigenvalue weighted by molar-refractivity contribution is 14.0. The van der Waals surface area contributed by atoms with Crippen LogP contribution in [-0.4, -0.2) is 50.1 Å². The number of carbonyl (C=O) groups is 1. The van der Waals surface area contributed by atoms with Crippen molar-refractivity contribution in [3.8, 4) is 5.75 Å². The molecule has 1 saturated carbocycles. The molecule has 0 heterocycles. The van der Waals surface area contributed by atoms with Crippen LogP contribution in [0.4, 0.5) is 0 Å². The minimum Gasteiger partial charge on any atom is -0.493 e. The number of ether oxygens (including phenoxy) is 1. The summed E-state index contributed by atoms with van der Waals surface area (Å²) in [5, 5.41) is 6.95. The third-order valence-corrected chi connectivity index (χ3v) is 4.88. The lowest BCUT2D eigenvalue weighted by atomic mass is 10.1. The van der Waals surface area contributed by atoms with E-state index in [4.69, 9.17) is 4.74 Å². The summed E-state index contributed by atoms with van der Waals surface area (Å²) in [4.78, 5) is 18.0. The monoisotopic (exact) mass is 516 g/mol. The highest BCUT2D eigenvalue weighted by atomic mass is 127. The fraction of sp³-hybridized carbons (Fsp3) is 0.636. The molecule has 0 radical (unpaired) electrons. The van der Waals surface area contributed by atoms with Crippen LogP contribution in [-0.2, 0) is 4.79 Å². The van der Waals surface area contributed by atoms with Crippen molar-refractivity contribution in [2.75, 3.05) is 27.2 Å². The first kappa shape index (κ1) is 25.5. The number of likely N-dealkylation sites (N-methyl/N-ethyl adjacent to an activating group) is 1. The Balaban J connectivity index is 0.00000420. The van der Waals surface area contributed by atoms with Gasteiger partial charge in [-0.2, -0.15) is 0 Å². The zero-order valence-electron chi connectivity index (χ0n) is 18.4. The number of guanidine groups is 1. The topological polar surface area (TPSA) is 66.0 Å². The average molecular weight is 516 g/mol. The van der Waals surface area contributed by atoms with Crippen LogP contribution in [0.15, 0.2) is 29.3 Å². The fourth-order valence-electron chi connectivity index (χ4n) is 3.09. The highest BCUT2D eigenvalue weighted by Gasteiger charge is 2.18. The number of nitrogens with zero attached hydrogens (tertiary/aromatic N) is 2. The molecule has 1 amide bonds. The molecule has 164 valence electrons. The Bertz CT molecular complexity index is 641. The van der Waals surface area contributed by atoms with E-state index >= 15 is 0 Å². The van der Waals surface area contributed by atoms with Crippen LogP contribution in [0, 0.1) is 5.92 Å². The van der Waals surface area contributed by atoms with Crippen LogP contribution in [0.25, 0.3) is 0 Å². The van der Waals surface area contributed by atoms with Gasteiger partial charge in [0.2, 0.25) is 5.91 Å². The molecule has 1 aliphatic rings. The van der Waals surface area contributed by atoms with E-state index in [1.807, 2.05) is 12.1 Å². The maximum atomic E-state index is 11.9. The lowest BCUT2D eigenvalue weighted by molar-refractivity contribution is -0.127. The first-order chi connectivity index (χ1) is 13.3. The number of amides is 1. The summed E-state index contributed by atoms with van der Waals surface area (Å²) in [6.45, 7) is 7.24. The van der Waals surface area contributed by atoms with E-state index < -0.39 is 0 Å². The van der Waals surface area contributed by atoms with Crippen molar-refractivity contribution >= 4 is 35.8 Å². The van der Waals surface area contributed by atoms with Gasteiger partial charge in [-0.15, -0.1) is 24.0 Å². The summed E-state index contributed by atoms with van der Waals surface area (Å²) in [5.41, 5.74) is 1.15. The SMILES string of the molecule is CC(C)COc1ccc(C(C)NC(=NCC(=O)N(C)C)NC2CCCC2)cc1.I. The standard InChI is InChI=1S/C22H36N4O2.HI/c1-16(2)15-28-20-12-10-18(11-13-20)17(3)24-22(23-14-21(27)26(4)5)25-19-8-6-7-9-19;/h10-13,16-17,19H,6-9,14-15H2,1-5H3,(H2,23,24,25);1H. The van der Waals surface area contributed by atoms with E-state index in [-0.39, 0.29) is 42.5 Å². The molecule has 0 spiro atoms. The molecule has 1 fully saturated rings. The van der Waals surface area contributed by atoms with E-state index in [9.17, 15) is 4.79 Å². The number of benzene rings is 1. The molecule has 2 N–H and O–H groups in total. The van der Waals surface area contributed by atoms with Crippen molar-refractivity contribution in [1.82, 2.24) is 15.5 Å². The van der Waals surface area contributed by atoms with Crippen molar-refractivity contribution < 1.29 is 9.53 Å². The molecule has 1 aliphatic carbocycles. The Labute approximate surface area is 192 Å². The number of rotatable bonds is 8. The van der Waals surface area contributed by atoms with E-state index in [2.05, 4.69) is 48.5 Å². The molecule has 1 aromatic rings. The molecule has 0 aliphatic heterocycles. The van der Waals surface area contributed by atoms with Crippen LogP contribution in [0.3, 0.4) is 0 Å². The summed E-state index contributed by atoms with van der Waals surface area (Å²) < 4.78 is 5.76. The normalized spacial score (nSPS) is 15.6. The zero-order valence-corrected chi connectivity index (χ0v) is 20.7. The number of nitrogens with one attached hydrogen (secondary N) is 2. The molecule has 1 aromatic carbocycles. The van der Waals surface area contributed by atoms with Crippen LogP contribution in [0.1, 0.15) is 58.1 Å². The number of hydrogen-bond acceptors (Lipinski definition) is 3. The molecule has 1 unspecified atom stereocenters. The zero-order chi connectivity index (χ0) is 20.5. The van der Waals surface area contributed by atoms with Crippen molar-refractivity contribution in [3.05, 3.63) is 29.8 Å². The van der Waals surface area contributed by atoms with Crippen molar-refractivity contribution in [1.29, 1.82) is 0 Å². The molecule has 7 heteroatoms. The molecule has 29 heavy (non-hydrogen) atoms. The number of aliphatic imine (C=N–C) groups is 1. The Kier molecular flexibility index (Phi) is 11.4. The van der Waals surface area contributed by atoms with Gasteiger partial charge in [0.15, 0.2) is 5.96 Å². The maximum Gasteiger partial charge on any atom is 0.243 e. The van der Waals surface area contributed by atoms with Crippen molar-refractivity contribution in [3.63, 3.8) is 0 Å². The predicted octanol–water partition coefficient (Wildman–Crippen LogP) is 3.97. The van der Waals surface area contributed by atoms with Gasteiger partial charge in [-0.05, 0) is 43.4 Å². The number of carbonyl (C=O) groups excluding carboxylic acids is 1. The lowest BCUT2D eigenvalue weighted by Crippen LogP contribution is -2.44. The second-order valence-corrected chi connectivity index (χ2v) is 8.22. The van der Waals surface area contributed by atoms with E-state index in [1.54, 1.807) is 19.0 Å². The highest BCUT2D eigenvalue weighted by Crippen LogP contribution is 2.20. The third-order valence-electron chi connectivity index (χ3n) is 4.88. The molecule has 0 saturated heterocycles. The summed E-state index contributed by atoms with van der Waals surface area (Å²) in [6.07, 6.45) is 4.79. The van der Waals surface area contributed by atoms with Crippen LogP contribution in [0.5, 0.6) is 5.75 Å². The smallest absolute Gasteiger partial charge is 0.243 e. The molecule has 2 rings (SSSR count). The second kappa shape index (κ2) is 12.9. The van der Waals surface area contributed by atoms with E-state index in [0.717, 1.165) is 30.8 Å². The molecule has 0 aromatic heterocycles. The van der Waals surface area contributed by atoms with Gasteiger partial charge in [0, 0.05) is 20.1 Å².